The fourth-order valence-corrected chi connectivity index (χ4v) is 5.50. The van der Waals surface area contributed by atoms with Crippen molar-refractivity contribution in [3.63, 3.8) is 0 Å². The fraction of sp³-hybridized carbons (Fsp3) is 0.545. The number of nitrogens with zero attached hydrogens (tertiary/aromatic N) is 3. The topological polar surface area (TPSA) is 114 Å². The van der Waals surface area contributed by atoms with Gasteiger partial charge >= 0.3 is 0 Å². The van der Waals surface area contributed by atoms with Gasteiger partial charge in [0.05, 0.1) is 30.2 Å². The maximum Gasteiger partial charge on any atom is 0.217 e. The molecular formula is C22H22N4O2. The van der Waals surface area contributed by atoms with Crippen LogP contribution in [0.1, 0.15) is 50.5 Å². The summed E-state index contributed by atoms with van der Waals surface area (Å²) in [6, 6.07) is 16.5. The van der Waals surface area contributed by atoms with Gasteiger partial charge in [-0.05, 0) is 30.7 Å². The lowest BCUT2D eigenvalue weighted by atomic mass is 9.50. The van der Waals surface area contributed by atoms with Gasteiger partial charge in [0.1, 0.15) is 0 Å². The van der Waals surface area contributed by atoms with E-state index in [1.54, 1.807) is 0 Å². The van der Waals surface area contributed by atoms with Crippen molar-refractivity contribution in [3.05, 3.63) is 35.9 Å². The molecule has 1 N–H and O–H groups in total. The van der Waals surface area contributed by atoms with Gasteiger partial charge in [-0.3, -0.25) is 5.41 Å². The van der Waals surface area contributed by atoms with E-state index in [0.717, 1.165) is 12.0 Å². The molecule has 2 heterocycles. The third-order valence-electron chi connectivity index (χ3n) is 6.85. The van der Waals surface area contributed by atoms with Gasteiger partial charge in [0.15, 0.2) is 10.8 Å². The highest BCUT2D eigenvalue weighted by molar-refractivity contribution is 5.89. The number of nitrogens with one attached hydrogen (secondary N) is 1. The number of ether oxygens (including phenoxy) is 2. The number of hydrogen-bond acceptors (Lipinski definition) is 6. The molecule has 28 heavy (non-hydrogen) atoms. The molecule has 3 aliphatic rings. The van der Waals surface area contributed by atoms with E-state index >= 15 is 0 Å². The molecule has 2 saturated heterocycles. The Kier molecular flexibility index (Phi) is 4.18. The van der Waals surface area contributed by atoms with E-state index in [0.29, 0.717) is 25.7 Å². The van der Waals surface area contributed by atoms with E-state index in [1.165, 1.54) is 0 Å². The van der Waals surface area contributed by atoms with Crippen molar-refractivity contribution in [1.29, 1.82) is 21.2 Å². The minimum Gasteiger partial charge on any atom is -0.447 e. The van der Waals surface area contributed by atoms with Gasteiger partial charge in [0.2, 0.25) is 11.7 Å². The molecule has 2 aliphatic heterocycles. The zero-order chi connectivity index (χ0) is 20.0. The van der Waals surface area contributed by atoms with Crippen LogP contribution in [0.4, 0.5) is 0 Å². The molecule has 6 nitrogen and oxygen atoms in total. The smallest absolute Gasteiger partial charge is 0.217 e. The Labute approximate surface area is 164 Å². The molecule has 2 bridgehead atoms. The molecule has 0 amide bonds. The zero-order valence-corrected chi connectivity index (χ0v) is 15.8. The molecule has 142 valence electrons. The molecule has 0 radical (unpaired) electrons. The van der Waals surface area contributed by atoms with Gasteiger partial charge in [-0.2, -0.15) is 15.8 Å². The first-order valence-electron chi connectivity index (χ1n) is 9.78. The molecular weight excluding hydrogens is 352 g/mol. The normalized spacial score (nSPS) is 37.6. The maximum absolute atomic E-state index is 10.3. The van der Waals surface area contributed by atoms with Crippen LogP contribution in [0.15, 0.2) is 30.3 Å². The van der Waals surface area contributed by atoms with E-state index in [-0.39, 0.29) is 11.8 Å². The van der Waals surface area contributed by atoms with Gasteiger partial charge < -0.3 is 9.47 Å². The molecule has 6 heteroatoms. The highest BCUT2D eigenvalue weighted by atomic mass is 16.7. The molecule has 1 aromatic rings. The summed E-state index contributed by atoms with van der Waals surface area (Å²) in [5.41, 5.74) is -2.20. The van der Waals surface area contributed by atoms with Gasteiger partial charge in [-0.1, -0.05) is 43.7 Å². The lowest BCUT2D eigenvalue weighted by molar-refractivity contribution is -0.294. The molecule has 1 saturated carbocycles. The van der Waals surface area contributed by atoms with Crippen molar-refractivity contribution in [2.45, 2.75) is 56.8 Å². The first-order chi connectivity index (χ1) is 13.5. The lowest BCUT2D eigenvalue weighted by Crippen LogP contribution is -2.63. The summed E-state index contributed by atoms with van der Waals surface area (Å²) >= 11 is 0. The number of hydrogen-bond donors (Lipinski definition) is 1. The average Bonchev–Trinajstić information content (AvgIpc) is 2.93. The van der Waals surface area contributed by atoms with Crippen LogP contribution < -0.4 is 0 Å². The summed E-state index contributed by atoms with van der Waals surface area (Å²) in [5.74, 6) is -1.72. The van der Waals surface area contributed by atoms with E-state index < -0.39 is 28.6 Å². The second kappa shape index (κ2) is 6.33. The van der Waals surface area contributed by atoms with E-state index in [4.69, 9.17) is 14.9 Å². The summed E-state index contributed by atoms with van der Waals surface area (Å²) in [6.07, 6.45) is 2.32. The van der Waals surface area contributed by atoms with Crippen LogP contribution in [-0.4, -0.2) is 17.8 Å². The van der Waals surface area contributed by atoms with Gasteiger partial charge in [-0.25, -0.2) is 0 Å². The quantitative estimate of drug-likeness (QED) is 0.858. The Morgan fingerprint density at radius 3 is 2.46 bits per heavy atom. The Bertz CT molecular complexity index is 911. The summed E-state index contributed by atoms with van der Waals surface area (Å²) in [7, 11) is 0. The van der Waals surface area contributed by atoms with E-state index in [9.17, 15) is 15.8 Å². The molecule has 3 fully saturated rings. The first-order valence-corrected chi connectivity index (χ1v) is 9.78. The summed E-state index contributed by atoms with van der Waals surface area (Å²) in [5, 5.41) is 39.0. The summed E-state index contributed by atoms with van der Waals surface area (Å²) in [4.78, 5) is 0. The average molecular weight is 374 g/mol. The maximum atomic E-state index is 10.3. The Morgan fingerprint density at radius 1 is 1.14 bits per heavy atom. The molecule has 0 spiro atoms. The van der Waals surface area contributed by atoms with Crippen LogP contribution in [0.3, 0.4) is 0 Å². The van der Waals surface area contributed by atoms with Crippen LogP contribution in [0, 0.1) is 56.2 Å². The zero-order valence-electron chi connectivity index (χ0n) is 15.8. The van der Waals surface area contributed by atoms with Crippen molar-refractivity contribution in [1.82, 2.24) is 0 Å². The Balaban J connectivity index is 1.85. The summed E-state index contributed by atoms with van der Waals surface area (Å²) in [6.45, 7) is 1.95. The van der Waals surface area contributed by atoms with Crippen molar-refractivity contribution < 1.29 is 9.47 Å². The van der Waals surface area contributed by atoms with Crippen molar-refractivity contribution in [2.75, 3.05) is 0 Å². The number of benzene rings is 1. The monoisotopic (exact) mass is 374 g/mol. The van der Waals surface area contributed by atoms with Crippen molar-refractivity contribution in [3.8, 4) is 18.2 Å². The van der Waals surface area contributed by atoms with Crippen molar-refractivity contribution >= 4 is 5.90 Å². The minimum atomic E-state index is -1.75. The van der Waals surface area contributed by atoms with Crippen LogP contribution in [0.5, 0.6) is 0 Å². The van der Waals surface area contributed by atoms with Crippen LogP contribution >= 0.6 is 0 Å². The largest absolute Gasteiger partial charge is 0.447 e. The standard InChI is InChI=1S/C22H22N4O2/c1-2-6-18-20(12-23,13-24)21(14-25)17-11-16(15-7-4-3-5-8-15)9-10-22(17,27-18)28-19(21)26/h3-5,7-8,16-18,26H,2,6,9-11H2,1H3. The molecule has 4 rings (SSSR count). The molecule has 5 atom stereocenters. The lowest BCUT2D eigenvalue weighted by Gasteiger charge is -2.52. The second-order valence-corrected chi connectivity index (χ2v) is 8.02. The molecule has 1 aromatic carbocycles. The highest BCUT2D eigenvalue weighted by Crippen LogP contribution is 2.68. The predicted molar refractivity (Wildman–Crippen MR) is 99.6 cm³/mol. The molecule has 5 unspecified atom stereocenters. The van der Waals surface area contributed by atoms with Crippen LogP contribution in [0.2, 0.25) is 0 Å². The summed E-state index contributed by atoms with van der Waals surface area (Å²) < 4.78 is 12.3. The minimum absolute atomic E-state index is 0.169. The van der Waals surface area contributed by atoms with Gasteiger partial charge in [-0.15, -0.1) is 0 Å². The first kappa shape index (κ1) is 18.5. The third kappa shape index (κ3) is 2.06. The highest BCUT2D eigenvalue weighted by Gasteiger charge is 2.80. The number of rotatable bonds is 3. The van der Waals surface area contributed by atoms with Crippen LogP contribution in [-0.2, 0) is 9.47 Å². The van der Waals surface area contributed by atoms with E-state index in [1.807, 2.05) is 25.1 Å². The number of nitriles is 3. The second-order valence-electron chi connectivity index (χ2n) is 8.02. The van der Waals surface area contributed by atoms with Gasteiger partial charge in [0, 0.05) is 6.42 Å². The predicted octanol–water partition coefficient (Wildman–Crippen LogP) is 4.02. The Morgan fingerprint density at radius 2 is 1.86 bits per heavy atom. The van der Waals surface area contributed by atoms with E-state index in [2.05, 4.69) is 30.3 Å². The molecule has 0 aromatic heterocycles. The SMILES string of the molecule is CCCC1OC23CCC(c4ccccc4)CC2C(C#N)(C(=N)O3)C1(C#N)C#N. The van der Waals surface area contributed by atoms with Crippen LogP contribution in [0.25, 0.3) is 0 Å². The Hall–Kier alpha value is -2.88. The third-order valence-corrected chi connectivity index (χ3v) is 6.85. The molecule has 1 aliphatic carbocycles. The van der Waals surface area contributed by atoms with Crippen molar-refractivity contribution in [2.24, 2.45) is 16.7 Å². The fourth-order valence-electron chi connectivity index (χ4n) is 5.50. The van der Waals surface area contributed by atoms with Gasteiger partial charge in [0.25, 0.3) is 0 Å².